The summed E-state index contributed by atoms with van der Waals surface area (Å²) in [5, 5.41) is 1.93. The zero-order valence-corrected chi connectivity index (χ0v) is 16.0. The lowest BCUT2D eigenvalue weighted by Gasteiger charge is -2.08. The van der Waals surface area contributed by atoms with Gasteiger partial charge in [-0.1, -0.05) is 6.07 Å². The summed E-state index contributed by atoms with van der Waals surface area (Å²) in [6.07, 6.45) is 1.65. The summed E-state index contributed by atoms with van der Waals surface area (Å²) in [6.45, 7) is 0.389. The SMILES string of the molecule is O=C(Oc1ccc(Oc2ccccn2)cc1)c1ccc(OCc2cscn2)cc1. The van der Waals surface area contributed by atoms with Gasteiger partial charge in [0.2, 0.25) is 5.88 Å². The van der Waals surface area contributed by atoms with Crippen molar-refractivity contribution in [1.29, 1.82) is 0 Å². The molecule has 0 atom stereocenters. The van der Waals surface area contributed by atoms with Gasteiger partial charge in [0.15, 0.2) is 0 Å². The number of ether oxygens (including phenoxy) is 3. The van der Waals surface area contributed by atoms with Crippen LogP contribution in [0.1, 0.15) is 16.1 Å². The lowest BCUT2D eigenvalue weighted by atomic mass is 10.2. The summed E-state index contributed by atoms with van der Waals surface area (Å²) in [6, 6.07) is 19.0. The van der Waals surface area contributed by atoms with Crippen LogP contribution in [-0.4, -0.2) is 15.9 Å². The summed E-state index contributed by atoms with van der Waals surface area (Å²) in [4.78, 5) is 20.6. The lowest BCUT2D eigenvalue weighted by molar-refractivity contribution is 0.0734. The molecule has 29 heavy (non-hydrogen) atoms. The Kier molecular flexibility index (Phi) is 5.78. The Bertz CT molecular complexity index is 1050. The van der Waals surface area contributed by atoms with Crippen molar-refractivity contribution in [2.45, 2.75) is 6.61 Å². The van der Waals surface area contributed by atoms with Gasteiger partial charge in [0.05, 0.1) is 16.8 Å². The second-order valence-electron chi connectivity index (χ2n) is 5.92. The molecule has 0 saturated carbocycles. The molecule has 2 aromatic heterocycles. The fraction of sp³-hybridized carbons (Fsp3) is 0.0455. The third kappa shape index (κ3) is 5.18. The van der Waals surface area contributed by atoms with Crippen LogP contribution in [0.4, 0.5) is 0 Å². The molecule has 0 saturated heterocycles. The van der Waals surface area contributed by atoms with Gasteiger partial charge in [-0.2, -0.15) is 0 Å². The number of rotatable bonds is 7. The van der Waals surface area contributed by atoms with Crippen LogP contribution in [0.15, 0.2) is 83.8 Å². The van der Waals surface area contributed by atoms with E-state index < -0.39 is 5.97 Å². The number of pyridine rings is 1. The lowest BCUT2D eigenvalue weighted by Crippen LogP contribution is -2.08. The molecule has 2 aromatic carbocycles. The molecular weight excluding hydrogens is 388 g/mol. The van der Waals surface area contributed by atoms with E-state index >= 15 is 0 Å². The van der Waals surface area contributed by atoms with Crippen molar-refractivity contribution >= 4 is 17.3 Å². The molecule has 0 unspecified atom stereocenters. The third-order valence-electron chi connectivity index (χ3n) is 3.85. The Morgan fingerprint density at radius 2 is 1.62 bits per heavy atom. The summed E-state index contributed by atoms with van der Waals surface area (Å²) in [5.74, 6) is 1.73. The maximum absolute atomic E-state index is 12.3. The minimum absolute atomic E-state index is 0.389. The normalized spacial score (nSPS) is 10.3. The van der Waals surface area contributed by atoms with Gasteiger partial charge in [-0.3, -0.25) is 0 Å². The molecule has 0 fully saturated rings. The van der Waals surface area contributed by atoms with Crippen LogP contribution in [-0.2, 0) is 6.61 Å². The van der Waals surface area contributed by atoms with E-state index in [9.17, 15) is 4.79 Å². The highest BCUT2D eigenvalue weighted by Gasteiger charge is 2.09. The quantitative estimate of drug-likeness (QED) is 0.314. The number of benzene rings is 2. The van der Waals surface area contributed by atoms with Gasteiger partial charge >= 0.3 is 5.97 Å². The van der Waals surface area contributed by atoms with Gasteiger partial charge in [-0.25, -0.2) is 14.8 Å². The molecule has 6 nitrogen and oxygen atoms in total. The van der Waals surface area contributed by atoms with E-state index in [2.05, 4.69) is 9.97 Å². The van der Waals surface area contributed by atoms with Crippen molar-refractivity contribution in [1.82, 2.24) is 9.97 Å². The van der Waals surface area contributed by atoms with Crippen molar-refractivity contribution < 1.29 is 19.0 Å². The number of carbonyl (C=O) groups excluding carboxylic acids is 1. The van der Waals surface area contributed by atoms with Gasteiger partial charge in [0.25, 0.3) is 0 Å². The van der Waals surface area contributed by atoms with Gasteiger partial charge in [0, 0.05) is 17.6 Å². The Morgan fingerprint density at radius 3 is 2.31 bits per heavy atom. The van der Waals surface area contributed by atoms with Crippen LogP contribution >= 0.6 is 11.3 Å². The molecule has 144 valence electrons. The van der Waals surface area contributed by atoms with Gasteiger partial charge in [0.1, 0.15) is 23.9 Å². The summed E-state index contributed by atoms with van der Waals surface area (Å²) in [7, 11) is 0. The molecule has 0 bridgehead atoms. The van der Waals surface area contributed by atoms with E-state index in [-0.39, 0.29) is 0 Å². The standard InChI is InChI=1S/C22H16N2O4S/c25-22(16-4-6-18(7-5-16)26-13-17-14-29-15-24-17)28-20-10-8-19(9-11-20)27-21-3-1-2-12-23-21/h1-12,14-15H,13H2. The Hall–Kier alpha value is -3.71. The molecule has 0 radical (unpaired) electrons. The highest BCUT2D eigenvalue weighted by Crippen LogP contribution is 2.23. The first kappa shape index (κ1) is 18.6. The van der Waals surface area contributed by atoms with E-state index in [0.717, 1.165) is 5.69 Å². The minimum Gasteiger partial charge on any atom is -0.487 e. The Balaban J connectivity index is 1.32. The van der Waals surface area contributed by atoms with E-state index in [1.54, 1.807) is 66.3 Å². The smallest absolute Gasteiger partial charge is 0.343 e. The average molecular weight is 404 g/mol. The van der Waals surface area contributed by atoms with Crippen LogP contribution in [0.3, 0.4) is 0 Å². The Morgan fingerprint density at radius 1 is 0.862 bits per heavy atom. The zero-order chi connectivity index (χ0) is 19.9. The molecule has 0 aliphatic rings. The van der Waals surface area contributed by atoms with Crippen molar-refractivity contribution in [2.24, 2.45) is 0 Å². The van der Waals surface area contributed by atoms with Gasteiger partial charge in [-0.15, -0.1) is 11.3 Å². The van der Waals surface area contributed by atoms with Crippen molar-refractivity contribution in [2.75, 3.05) is 0 Å². The Labute approximate surface area is 171 Å². The average Bonchev–Trinajstić information content (AvgIpc) is 3.28. The molecule has 0 amide bonds. The maximum atomic E-state index is 12.3. The first-order valence-corrected chi connectivity index (χ1v) is 9.71. The number of nitrogens with zero attached hydrogens (tertiary/aromatic N) is 2. The van der Waals surface area contributed by atoms with E-state index in [4.69, 9.17) is 14.2 Å². The molecule has 4 aromatic rings. The number of hydrogen-bond acceptors (Lipinski definition) is 7. The fourth-order valence-electron chi connectivity index (χ4n) is 2.42. The van der Waals surface area contributed by atoms with Crippen molar-refractivity contribution in [3.8, 4) is 23.1 Å². The van der Waals surface area contributed by atoms with E-state index in [1.807, 2.05) is 17.5 Å². The first-order chi connectivity index (χ1) is 14.3. The number of hydrogen-bond donors (Lipinski definition) is 0. The third-order valence-corrected chi connectivity index (χ3v) is 4.49. The largest absolute Gasteiger partial charge is 0.487 e. The number of carbonyl (C=O) groups is 1. The molecule has 0 aliphatic heterocycles. The molecule has 2 heterocycles. The topological polar surface area (TPSA) is 70.5 Å². The zero-order valence-electron chi connectivity index (χ0n) is 15.2. The molecule has 4 rings (SSSR count). The summed E-state index contributed by atoms with van der Waals surface area (Å²) >= 11 is 1.52. The summed E-state index contributed by atoms with van der Waals surface area (Å²) < 4.78 is 16.7. The van der Waals surface area contributed by atoms with Crippen molar-refractivity contribution in [3.05, 3.63) is 95.1 Å². The van der Waals surface area contributed by atoms with Gasteiger partial charge in [-0.05, 0) is 54.6 Å². The van der Waals surface area contributed by atoms with Crippen LogP contribution in [0.2, 0.25) is 0 Å². The molecular formula is C22H16N2O4S. The van der Waals surface area contributed by atoms with Crippen LogP contribution < -0.4 is 14.2 Å². The predicted molar refractivity (Wildman–Crippen MR) is 109 cm³/mol. The molecule has 0 spiro atoms. The van der Waals surface area contributed by atoms with Crippen molar-refractivity contribution in [3.63, 3.8) is 0 Å². The van der Waals surface area contributed by atoms with Crippen LogP contribution in [0.5, 0.6) is 23.1 Å². The van der Waals surface area contributed by atoms with E-state index in [1.165, 1.54) is 11.3 Å². The second kappa shape index (κ2) is 8.99. The second-order valence-corrected chi connectivity index (χ2v) is 6.64. The highest BCUT2D eigenvalue weighted by molar-refractivity contribution is 7.07. The maximum Gasteiger partial charge on any atom is 0.343 e. The van der Waals surface area contributed by atoms with E-state index in [0.29, 0.717) is 35.3 Å². The van der Waals surface area contributed by atoms with Crippen LogP contribution in [0, 0.1) is 0 Å². The summed E-state index contributed by atoms with van der Waals surface area (Å²) in [5.41, 5.74) is 3.06. The molecule has 0 N–H and O–H groups in total. The number of esters is 1. The monoisotopic (exact) mass is 404 g/mol. The first-order valence-electron chi connectivity index (χ1n) is 8.77. The van der Waals surface area contributed by atoms with Crippen LogP contribution in [0.25, 0.3) is 0 Å². The predicted octanol–water partition coefficient (Wildman–Crippen LogP) is 5.13. The number of aromatic nitrogens is 2. The number of thiazole rings is 1. The van der Waals surface area contributed by atoms with Gasteiger partial charge < -0.3 is 14.2 Å². The molecule has 0 aliphatic carbocycles. The molecule has 7 heteroatoms. The minimum atomic E-state index is -0.450. The highest BCUT2D eigenvalue weighted by atomic mass is 32.1. The fourth-order valence-corrected chi connectivity index (χ4v) is 2.97.